The van der Waals surface area contributed by atoms with Crippen LogP contribution in [0.3, 0.4) is 0 Å². The van der Waals surface area contributed by atoms with Crippen LogP contribution in [0.2, 0.25) is 10.0 Å². The predicted molar refractivity (Wildman–Crippen MR) is 114 cm³/mol. The van der Waals surface area contributed by atoms with Crippen molar-refractivity contribution in [2.75, 3.05) is 5.32 Å². The highest BCUT2D eigenvalue weighted by Gasteiger charge is 2.48. The number of nitrogens with zero attached hydrogens (tertiary/aromatic N) is 3. The summed E-state index contributed by atoms with van der Waals surface area (Å²) < 4.78 is 42.7. The largest absolute Gasteiger partial charge is 0.410 e. The fraction of sp³-hybridized carbons (Fsp3) is 0.524. The third kappa shape index (κ3) is 4.12. The standard InChI is InChI=1S/C21H23Cl2F3N4O/c1-11-4-3-5-12(2)29(11)20(31)18-17(23)19-27-15(13-6-8-14(22)9-7-13)10-16(21(24,25)26)30(19)28-18/h6-9,11-12,15-16,27H,3-5,10H2,1-2H3/t11-,12+,15-,16+/m0/s1. The van der Waals surface area contributed by atoms with E-state index in [1.807, 2.05) is 13.8 Å². The number of rotatable bonds is 2. The molecule has 1 aromatic heterocycles. The highest BCUT2D eigenvalue weighted by Crippen LogP contribution is 2.46. The predicted octanol–water partition coefficient (Wildman–Crippen LogP) is 6.25. The van der Waals surface area contributed by atoms with Gasteiger partial charge in [0.25, 0.3) is 5.91 Å². The Morgan fingerprint density at radius 2 is 1.74 bits per heavy atom. The van der Waals surface area contributed by atoms with Gasteiger partial charge in [-0.05, 0) is 50.8 Å². The van der Waals surface area contributed by atoms with Gasteiger partial charge in [0.15, 0.2) is 11.7 Å². The molecule has 2 aliphatic heterocycles. The van der Waals surface area contributed by atoms with E-state index in [-0.39, 0.29) is 35.0 Å². The highest BCUT2D eigenvalue weighted by atomic mass is 35.5. The first-order valence-corrected chi connectivity index (χ1v) is 11.0. The van der Waals surface area contributed by atoms with Crippen molar-refractivity contribution < 1.29 is 18.0 Å². The lowest BCUT2D eigenvalue weighted by molar-refractivity contribution is -0.173. The second kappa shape index (κ2) is 8.20. The van der Waals surface area contributed by atoms with Gasteiger partial charge in [0.1, 0.15) is 10.8 Å². The van der Waals surface area contributed by atoms with Crippen LogP contribution < -0.4 is 5.32 Å². The molecule has 4 rings (SSSR count). The van der Waals surface area contributed by atoms with E-state index in [2.05, 4.69) is 10.4 Å². The summed E-state index contributed by atoms with van der Waals surface area (Å²) in [5.74, 6) is -0.423. The zero-order valence-electron chi connectivity index (χ0n) is 17.1. The number of halogens is 5. The Balaban J connectivity index is 1.74. The molecule has 0 saturated carbocycles. The van der Waals surface area contributed by atoms with E-state index >= 15 is 0 Å². The minimum atomic E-state index is -4.55. The zero-order valence-corrected chi connectivity index (χ0v) is 18.6. The first-order chi connectivity index (χ1) is 14.6. The Kier molecular flexibility index (Phi) is 5.89. The smallest absolute Gasteiger partial charge is 0.362 e. The minimum absolute atomic E-state index is 0.0101. The number of carbonyl (C=O) groups is 1. The number of aromatic nitrogens is 2. The fourth-order valence-corrected chi connectivity index (χ4v) is 4.97. The summed E-state index contributed by atoms with van der Waals surface area (Å²) in [4.78, 5) is 14.9. The molecular formula is C21H23Cl2F3N4O. The van der Waals surface area contributed by atoms with Crippen molar-refractivity contribution in [3.05, 3.63) is 45.6 Å². The molecule has 10 heteroatoms. The van der Waals surface area contributed by atoms with Gasteiger partial charge in [-0.1, -0.05) is 35.3 Å². The number of fused-ring (bicyclic) bond motifs is 1. The number of piperidine rings is 1. The average Bonchev–Trinajstić information content (AvgIpc) is 3.03. The topological polar surface area (TPSA) is 50.2 Å². The number of amides is 1. The molecule has 0 spiro atoms. The third-order valence-corrected chi connectivity index (χ3v) is 6.81. The van der Waals surface area contributed by atoms with Crippen LogP contribution >= 0.6 is 23.2 Å². The Hall–Kier alpha value is -1.93. The molecule has 1 fully saturated rings. The van der Waals surface area contributed by atoms with Crippen molar-refractivity contribution in [2.45, 2.75) is 69.9 Å². The number of hydrogen-bond acceptors (Lipinski definition) is 3. The van der Waals surface area contributed by atoms with Crippen LogP contribution in [0, 0.1) is 0 Å². The van der Waals surface area contributed by atoms with Gasteiger partial charge in [-0.25, -0.2) is 4.68 Å². The van der Waals surface area contributed by atoms with Crippen molar-refractivity contribution in [2.24, 2.45) is 0 Å². The lowest BCUT2D eigenvalue weighted by Crippen LogP contribution is -2.47. The molecule has 31 heavy (non-hydrogen) atoms. The summed E-state index contributed by atoms with van der Waals surface area (Å²) in [5.41, 5.74) is 0.504. The van der Waals surface area contributed by atoms with Gasteiger partial charge in [-0.3, -0.25) is 4.79 Å². The van der Waals surface area contributed by atoms with Gasteiger partial charge in [-0.15, -0.1) is 0 Å². The van der Waals surface area contributed by atoms with Gasteiger partial charge in [0.2, 0.25) is 0 Å². The fourth-order valence-electron chi connectivity index (χ4n) is 4.58. The Morgan fingerprint density at radius 3 is 2.32 bits per heavy atom. The molecule has 0 bridgehead atoms. The van der Waals surface area contributed by atoms with Crippen molar-refractivity contribution in [3.63, 3.8) is 0 Å². The third-order valence-electron chi connectivity index (χ3n) is 6.20. The number of benzene rings is 1. The molecule has 3 heterocycles. The van der Waals surface area contributed by atoms with Gasteiger partial charge in [-0.2, -0.15) is 18.3 Å². The van der Waals surface area contributed by atoms with Gasteiger partial charge in [0.05, 0.1) is 6.04 Å². The number of hydrogen-bond donors (Lipinski definition) is 1. The van der Waals surface area contributed by atoms with Crippen LogP contribution in [0.4, 0.5) is 19.0 Å². The molecule has 1 N–H and O–H groups in total. The summed E-state index contributed by atoms with van der Waals surface area (Å²) in [7, 11) is 0. The van der Waals surface area contributed by atoms with Crippen LogP contribution in [0.25, 0.3) is 0 Å². The van der Waals surface area contributed by atoms with Crippen LogP contribution in [0.15, 0.2) is 24.3 Å². The van der Waals surface area contributed by atoms with Gasteiger partial charge >= 0.3 is 6.18 Å². The molecule has 1 saturated heterocycles. The van der Waals surface area contributed by atoms with Crippen molar-refractivity contribution >= 4 is 34.9 Å². The minimum Gasteiger partial charge on any atom is -0.362 e. The van der Waals surface area contributed by atoms with E-state index in [9.17, 15) is 18.0 Å². The summed E-state index contributed by atoms with van der Waals surface area (Å²) in [6.45, 7) is 3.87. The van der Waals surface area contributed by atoms with Gasteiger partial charge < -0.3 is 10.2 Å². The highest BCUT2D eigenvalue weighted by molar-refractivity contribution is 6.36. The maximum atomic E-state index is 13.9. The quantitative estimate of drug-likeness (QED) is 0.559. The van der Waals surface area contributed by atoms with Crippen LogP contribution in [0.1, 0.15) is 67.7 Å². The number of anilines is 1. The second-order valence-corrected chi connectivity index (χ2v) is 9.15. The zero-order chi connectivity index (χ0) is 22.5. The molecule has 2 aliphatic rings. The first kappa shape index (κ1) is 22.3. The van der Waals surface area contributed by atoms with E-state index in [0.717, 1.165) is 23.9 Å². The molecular weight excluding hydrogens is 452 g/mol. The van der Waals surface area contributed by atoms with Crippen LogP contribution in [-0.2, 0) is 0 Å². The van der Waals surface area contributed by atoms with E-state index in [0.29, 0.717) is 10.6 Å². The lowest BCUT2D eigenvalue weighted by Gasteiger charge is -2.38. The molecule has 1 amide bonds. The summed E-state index contributed by atoms with van der Waals surface area (Å²) >= 11 is 12.4. The van der Waals surface area contributed by atoms with Crippen LogP contribution in [0.5, 0.6) is 0 Å². The first-order valence-electron chi connectivity index (χ1n) is 10.3. The Bertz CT molecular complexity index is 966. The summed E-state index contributed by atoms with van der Waals surface area (Å²) in [6, 6.07) is 4.00. The maximum absolute atomic E-state index is 13.9. The van der Waals surface area contributed by atoms with Crippen molar-refractivity contribution in [3.8, 4) is 0 Å². The number of carbonyl (C=O) groups excluding carboxylic acids is 1. The molecule has 0 radical (unpaired) electrons. The SMILES string of the molecule is C[C@@H]1CCC[C@H](C)N1C(=O)c1nn2c(c1Cl)N[C@H](c1ccc(Cl)cc1)C[C@@H]2C(F)(F)F. The molecule has 5 nitrogen and oxygen atoms in total. The molecule has 1 aromatic carbocycles. The molecule has 168 valence electrons. The van der Waals surface area contributed by atoms with Crippen LogP contribution in [-0.4, -0.2) is 38.8 Å². The van der Waals surface area contributed by atoms with E-state index < -0.39 is 24.2 Å². The molecule has 0 unspecified atom stereocenters. The van der Waals surface area contributed by atoms with E-state index in [4.69, 9.17) is 23.2 Å². The lowest BCUT2D eigenvalue weighted by atomic mass is 9.96. The molecule has 2 aromatic rings. The van der Waals surface area contributed by atoms with Crippen molar-refractivity contribution in [1.29, 1.82) is 0 Å². The summed E-state index contributed by atoms with van der Waals surface area (Å²) in [6.07, 6.45) is -2.16. The second-order valence-electron chi connectivity index (χ2n) is 8.34. The number of alkyl halides is 3. The normalized spacial score (nSPS) is 26.4. The Labute approximate surface area is 188 Å². The average molecular weight is 475 g/mol. The maximum Gasteiger partial charge on any atom is 0.410 e. The molecule has 0 aliphatic carbocycles. The molecule has 4 atom stereocenters. The van der Waals surface area contributed by atoms with Crippen molar-refractivity contribution in [1.82, 2.24) is 14.7 Å². The number of nitrogens with one attached hydrogen (secondary N) is 1. The summed E-state index contributed by atoms with van der Waals surface area (Å²) in [5, 5.41) is 7.55. The van der Waals surface area contributed by atoms with E-state index in [1.54, 1.807) is 29.2 Å². The van der Waals surface area contributed by atoms with E-state index in [1.165, 1.54) is 0 Å². The van der Waals surface area contributed by atoms with Gasteiger partial charge in [0, 0.05) is 23.5 Å². The Morgan fingerprint density at radius 1 is 1.13 bits per heavy atom. The number of likely N-dealkylation sites (tertiary alicyclic amines) is 1. The monoisotopic (exact) mass is 474 g/mol.